The van der Waals surface area contributed by atoms with E-state index in [0.717, 1.165) is 25.1 Å². The summed E-state index contributed by atoms with van der Waals surface area (Å²) in [5.74, 6) is 0.0883. The molecule has 2 aliphatic heterocycles. The van der Waals surface area contributed by atoms with Gasteiger partial charge in [-0.3, -0.25) is 14.9 Å². The van der Waals surface area contributed by atoms with Crippen LogP contribution in [0.5, 0.6) is 0 Å². The third-order valence-corrected chi connectivity index (χ3v) is 4.11. The number of carbonyl (C=O) groups excluding carboxylic acids is 1. The molecule has 0 radical (unpaired) electrons. The van der Waals surface area contributed by atoms with Gasteiger partial charge in [-0.1, -0.05) is 6.07 Å². The Labute approximate surface area is 116 Å². The molecule has 0 aliphatic carbocycles. The zero-order chi connectivity index (χ0) is 14.1. The first kappa shape index (κ1) is 13.1. The maximum Gasteiger partial charge on any atom is 0.274 e. The van der Waals surface area contributed by atoms with Crippen LogP contribution >= 0.6 is 0 Å². The summed E-state index contributed by atoms with van der Waals surface area (Å²) in [6, 6.07) is 4.97. The van der Waals surface area contributed by atoms with Gasteiger partial charge in [0.2, 0.25) is 5.91 Å². The highest BCUT2D eigenvalue weighted by Gasteiger charge is 2.33. The second kappa shape index (κ2) is 5.20. The Kier molecular flexibility index (Phi) is 3.40. The molecule has 6 heteroatoms. The van der Waals surface area contributed by atoms with E-state index in [4.69, 9.17) is 0 Å². The minimum atomic E-state index is -0.366. The Bertz CT molecular complexity index is 553. The standard InChI is InChI=1S/C14H17N3O3/c18-14(10-3-2-7-15-9-10)16-8-6-11-12(16)4-1-5-13(11)17(19)20/h1,4-5,10,15H,2-3,6-9H2. The van der Waals surface area contributed by atoms with E-state index in [1.807, 2.05) is 6.07 Å². The van der Waals surface area contributed by atoms with Gasteiger partial charge in [0.25, 0.3) is 5.69 Å². The molecule has 3 rings (SSSR count). The molecule has 0 saturated carbocycles. The zero-order valence-corrected chi connectivity index (χ0v) is 11.2. The zero-order valence-electron chi connectivity index (χ0n) is 11.2. The highest BCUT2D eigenvalue weighted by Crippen LogP contribution is 2.35. The van der Waals surface area contributed by atoms with Gasteiger partial charge in [0, 0.05) is 19.2 Å². The smallest absolute Gasteiger partial charge is 0.274 e. The second-order valence-electron chi connectivity index (χ2n) is 5.32. The van der Waals surface area contributed by atoms with E-state index in [1.165, 1.54) is 6.07 Å². The summed E-state index contributed by atoms with van der Waals surface area (Å²) in [4.78, 5) is 24.9. The summed E-state index contributed by atoms with van der Waals surface area (Å²) < 4.78 is 0. The normalized spacial score (nSPS) is 21.6. The van der Waals surface area contributed by atoms with Crippen molar-refractivity contribution in [1.82, 2.24) is 5.32 Å². The molecule has 1 saturated heterocycles. The van der Waals surface area contributed by atoms with Crippen LogP contribution in [0.2, 0.25) is 0 Å². The fourth-order valence-electron chi connectivity index (χ4n) is 3.10. The monoisotopic (exact) mass is 275 g/mol. The Morgan fingerprint density at radius 1 is 1.45 bits per heavy atom. The Morgan fingerprint density at radius 3 is 3.00 bits per heavy atom. The summed E-state index contributed by atoms with van der Waals surface area (Å²) >= 11 is 0. The van der Waals surface area contributed by atoms with Crippen LogP contribution in [-0.2, 0) is 11.2 Å². The lowest BCUT2D eigenvalue weighted by atomic mass is 9.98. The SMILES string of the molecule is O=C(C1CCCNC1)N1CCc2c1cccc2[N+](=O)[O-]. The third-order valence-electron chi connectivity index (χ3n) is 4.11. The van der Waals surface area contributed by atoms with Crippen molar-refractivity contribution in [2.75, 3.05) is 24.5 Å². The molecule has 1 amide bonds. The van der Waals surface area contributed by atoms with Gasteiger partial charge in [0.15, 0.2) is 0 Å². The third kappa shape index (κ3) is 2.16. The van der Waals surface area contributed by atoms with Crippen molar-refractivity contribution >= 4 is 17.3 Å². The number of nitro benzene ring substituents is 1. The predicted octanol–water partition coefficient (Wildman–Crippen LogP) is 1.48. The largest absolute Gasteiger partial charge is 0.316 e. The van der Waals surface area contributed by atoms with Gasteiger partial charge < -0.3 is 10.2 Å². The number of benzene rings is 1. The van der Waals surface area contributed by atoms with Crippen molar-refractivity contribution in [1.29, 1.82) is 0 Å². The molecule has 1 fully saturated rings. The van der Waals surface area contributed by atoms with Gasteiger partial charge in [-0.05, 0) is 31.9 Å². The molecular weight excluding hydrogens is 258 g/mol. The topological polar surface area (TPSA) is 75.5 Å². The van der Waals surface area contributed by atoms with Crippen LogP contribution in [0.3, 0.4) is 0 Å². The minimum absolute atomic E-state index is 0.00559. The molecule has 0 spiro atoms. The van der Waals surface area contributed by atoms with Crippen molar-refractivity contribution < 1.29 is 9.72 Å². The van der Waals surface area contributed by atoms with Gasteiger partial charge in [-0.2, -0.15) is 0 Å². The van der Waals surface area contributed by atoms with Gasteiger partial charge >= 0.3 is 0 Å². The van der Waals surface area contributed by atoms with Crippen LogP contribution in [0.4, 0.5) is 11.4 Å². The number of carbonyl (C=O) groups is 1. The fourth-order valence-corrected chi connectivity index (χ4v) is 3.10. The summed E-state index contributed by atoms with van der Waals surface area (Å²) in [6.07, 6.45) is 2.47. The number of anilines is 1. The quantitative estimate of drug-likeness (QED) is 0.655. The number of nitrogens with one attached hydrogen (secondary N) is 1. The van der Waals surface area contributed by atoms with Crippen molar-refractivity contribution in [3.05, 3.63) is 33.9 Å². The summed E-state index contributed by atoms with van der Waals surface area (Å²) in [5, 5.41) is 14.3. The van der Waals surface area contributed by atoms with E-state index in [0.29, 0.717) is 25.1 Å². The number of nitro groups is 1. The molecule has 2 heterocycles. The number of fused-ring (bicyclic) bond motifs is 1. The number of nitrogens with zero attached hydrogens (tertiary/aromatic N) is 2. The molecule has 0 aromatic heterocycles. The fraction of sp³-hybridized carbons (Fsp3) is 0.500. The lowest BCUT2D eigenvalue weighted by Crippen LogP contribution is -2.42. The highest BCUT2D eigenvalue weighted by atomic mass is 16.6. The molecule has 2 aliphatic rings. The van der Waals surface area contributed by atoms with Gasteiger partial charge in [-0.25, -0.2) is 0 Å². The molecule has 106 valence electrons. The lowest BCUT2D eigenvalue weighted by Gasteiger charge is -2.27. The van der Waals surface area contributed by atoms with Gasteiger partial charge in [0.1, 0.15) is 0 Å². The molecule has 1 unspecified atom stereocenters. The Balaban J connectivity index is 1.87. The summed E-state index contributed by atoms with van der Waals surface area (Å²) in [6.45, 7) is 2.22. The molecule has 20 heavy (non-hydrogen) atoms. The van der Waals surface area contributed by atoms with E-state index in [9.17, 15) is 14.9 Å². The summed E-state index contributed by atoms with van der Waals surface area (Å²) in [5.41, 5.74) is 1.53. The van der Waals surface area contributed by atoms with E-state index >= 15 is 0 Å². The van der Waals surface area contributed by atoms with Crippen molar-refractivity contribution in [3.8, 4) is 0 Å². The van der Waals surface area contributed by atoms with Gasteiger partial charge in [0.05, 0.1) is 22.1 Å². The molecule has 1 atom stereocenters. The predicted molar refractivity (Wildman–Crippen MR) is 74.7 cm³/mol. The highest BCUT2D eigenvalue weighted by molar-refractivity contribution is 5.97. The average Bonchev–Trinajstić information content (AvgIpc) is 2.91. The van der Waals surface area contributed by atoms with Crippen molar-refractivity contribution in [3.63, 3.8) is 0 Å². The molecule has 0 bridgehead atoms. The van der Waals surface area contributed by atoms with Crippen LogP contribution in [0, 0.1) is 16.0 Å². The molecule has 1 aromatic rings. The van der Waals surface area contributed by atoms with E-state index < -0.39 is 0 Å². The van der Waals surface area contributed by atoms with Crippen molar-refractivity contribution in [2.45, 2.75) is 19.3 Å². The van der Waals surface area contributed by atoms with Gasteiger partial charge in [-0.15, -0.1) is 0 Å². The number of piperidine rings is 1. The van der Waals surface area contributed by atoms with Crippen LogP contribution < -0.4 is 10.2 Å². The van der Waals surface area contributed by atoms with Crippen LogP contribution in [-0.4, -0.2) is 30.5 Å². The summed E-state index contributed by atoms with van der Waals surface area (Å²) in [7, 11) is 0. The Hall–Kier alpha value is -1.95. The number of amides is 1. The number of hydrogen-bond donors (Lipinski definition) is 1. The first-order valence-corrected chi connectivity index (χ1v) is 6.97. The van der Waals surface area contributed by atoms with Crippen LogP contribution in [0.15, 0.2) is 18.2 Å². The first-order chi connectivity index (χ1) is 9.68. The molecule has 1 N–H and O–H groups in total. The van der Waals surface area contributed by atoms with Crippen molar-refractivity contribution in [2.24, 2.45) is 5.92 Å². The lowest BCUT2D eigenvalue weighted by molar-refractivity contribution is -0.385. The number of rotatable bonds is 2. The van der Waals surface area contributed by atoms with Crippen LogP contribution in [0.25, 0.3) is 0 Å². The second-order valence-corrected chi connectivity index (χ2v) is 5.32. The molecular formula is C14H17N3O3. The van der Waals surface area contributed by atoms with E-state index in [1.54, 1.807) is 11.0 Å². The molecule has 6 nitrogen and oxygen atoms in total. The minimum Gasteiger partial charge on any atom is -0.316 e. The van der Waals surface area contributed by atoms with Crippen LogP contribution in [0.1, 0.15) is 18.4 Å². The number of hydrogen-bond acceptors (Lipinski definition) is 4. The maximum absolute atomic E-state index is 12.6. The Morgan fingerprint density at radius 2 is 2.30 bits per heavy atom. The first-order valence-electron chi connectivity index (χ1n) is 6.97. The molecule has 1 aromatic carbocycles. The average molecular weight is 275 g/mol. The maximum atomic E-state index is 12.6. The van der Waals surface area contributed by atoms with E-state index in [2.05, 4.69) is 5.32 Å². The van der Waals surface area contributed by atoms with E-state index in [-0.39, 0.29) is 22.4 Å².